The third kappa shape index (κ3) is 5.43. The molecule has 3 nitrogen and oxygen atoms in total. The smallest absolute Gasteiger partial charge is 0.307 e. The minimum Gasteiger partial charge on any atom is -0.481 e. The first-order valence-electron chi connectivity index (χ1n) is 4.03. The van der Waals surface area contributed by atoms with Gasteiger partial charge in [-0.3, -0.25) is 4.79 Å². The van der Waals surface area contributed by atoms with Crippen LogP contribution in [-0.2, 0) is 4.79 Å². The molecule has 0 saturated heterocycles. The first kappa shape index (κ1) is 11.8. The summed E-state index contributed by atoms with van der Waals surface area (Å²) in [6, 6.07) is 0.391. The average Bonchev–Trinajstić information content (AvgIpc) is 2.00. The average molecular weight is 191 g/mol. The van der Waals surface area contributed by atoms with E-state index < -0.39 is 5.97 Å². The van der Waals surface area contributed by atoms with Gasteiger partial charge in [-0.2, -0.15) is 11.8 Å². The molecule has 72 valence electrons. The highest BCUT2D eigenvalue weighted by molar-refractivity contribution is 7.98. The minimum atomic E-state index is -0.737. The second-order valence-corrected chi connectivity index (χ2v) is 3.91. The first-order chi connectivity index (χ1) is 5.57. The molecule has 0 radical (unpaired) electrons. The summed E-state index contributed by atoms with van der Waals surface area (Å²) in [5.74, 6) is -0.0139. The van der Waals surface area contributed by atoms with Gasteiger partial charge in [-0.1, -0.05) is 6.92 Å². The molecule has 0 aromatic rings. The van der Waals surface area contributed by atoms with Crippen molar-refractivity contribution in [2.24, 2.45) is 5.92 Å². The van der Waals surface area contributed by atoms with Crippen LogP contribution in [0.1, 0.15) is 13.8 Å². The highest BCUT2D eigenvalue weighted by Crippen LogP contribution is 1.98. The van der Waals surface area contributed by atoms with Gasteiger partial charge in [0.1, 0.15) is 0 Å². The van der Waals surface area contributed by atoms with Crippen LogP contribution in [0.15, 0.2) is 0 Å². The Kier molecular flexibility index (Phi) is 6.20. The SMILES string of the molecule is CSCC(C)NCC(C)C(=O)O. The number of carboxylic acids is 1. The summed E-state index contributed by atoms with van der Waals surface area (Å²) in [6.45, 7) is 4.32. The zero-order valence-electron chi connectivity index (χ0n) is 7.83. The molecule has 0 rings (SSSR count). The van der Waals surface area contributed by atoms with E-state index in [-0.39, 0.29) is 5.92 Å². The van der Waals surface area contributed by atoms with Gasteiger partial charge in [0.2, 0.25) is 0 Å². The molecular weight excluding hydrogens is 174 g/mol. The highest BCUT2D eigenvalue weighted by atomic mass is 32.2. The lowest BCUT2D eigenvalue weighted by molar-refractivity contribution is -0.140. The lowest BCUT2D eigenvalue weighted by atomic mass is 10.2. The Morgan fingerprint density at radius 2 is 2.17 bits per heavy atom. The van der Waals surface area contributed by atoms with Crippen LogP contribution >= 0.6 is 11.8 Å². The van der Waals surface area contributed by atoms with Crippen LogP contribution in [0, 0.1) is 5.92 Å². The number of aliphatic carboxylic acids is 1. The molecule has 0 aliphatic rings. The Labute approximate surface area is 77.9 Å². The van der Waals surface area contributed by atoms with Gasteiger partial charge in [-0.15, -0.1) is 0 Å². The molecule has 0 fully saturated rings. The number of hydrogen-bond acceptors (Lipinski definition) is 3. The monoisotopic (exact) mass is 191 g/mol. The molecule has 0 aliphatic heterocycles. The molecule has 0 aromatic heterocycles. The maximum absolute atomic E-state index is 10.4. The van der Waals surface area contributed by atoms with Crippen molar-refractivity contribution in [3.05, 3.63) is 0 Å². The van der Waals surface area contributed by atoms with Gasteiger partial charge in [0.15, 0.2) is 0 Å². The second kappa shape index (κ2) is 6.31. The van der Waals surface area contributed by atoms with E-state index in [0.29, 0.717) is 12.6 Å². The molecule has 0 heterocycles. The van der Waals surface area contributed by atoms with Crippen LogP contribution < -0.4 is 5.32 Å². The third-order valence-electron chi connectivity index (χ3n) is 1.61. The van der Waals surface area contributed by atoms with Gasteiger partial charge in [-0.05, 0) is 13.2 Å². The summed E-state index contributed by atoms with van der Waals surface area (Å²) in [6.07, 6.45) is 2.04. The predicted octanol–water partition coefficient (Wildman–Crippen LogP) is 1.05. The summed E-state index contributed by atoms with van der Waals surface area (Å²) >= 11 is 1.76. The molecule has 4 heteroatoms. The van der Waals surface area contributed by atoms with Crippen molar-refractivity contribution >= 4 is 17.7 Å². The molecule has 0 aromatic carbocycles. The molecule has 0 aliphatic carbocycles. The number of nitrogens with one attached hydrogen (secondary N) is 1. The largest absolute Gasteiger partial charge is 0.481 e. The third-order valence-corrected chi connectivity index (χ3v) is 2.44. The molecule has 0 spiro atoms. The maximum atomic E-state index is 10.4. The number of thioether (sulfide) groups is 1. The normalized spacial score (nSPS) is 15.6. The van der Waals surface area contributed by atoms with E-state index in [0.717, 1.165) is 5.75 Å². The molecule has 0 amide bonds. The zero-order chi connectivity index (χ0) is 9.56. The fraction of sp³-hybridized carbons (Fsp3) is 0.875. The van der Waals surface area contributed by atoms with Crippen molar-refractivity contribution in [2.45, 2.75) is 19.9 Å². The predicted molar refractivity (Wildman–Crippen MR) is 52.6 cm³/mol. The van der Waals surface area contributed by atoms with Crippen LogP contribution in [0.25, 0.3) is 0 Å². The van der Waals surface area contributed by atoms with Crippen molar-refractivity contribution < 1.29 is 9.90 Å². The molecule has 0 saturated carbocycles. The van der Waals surface area contributed by atoms with Crippen molar-refractivity contribution in [1.29, 1.82) is 0 Å². The van der Waals surface area contributed by atoms with Crippen molar-refractivity contribution in [2.75, 3.05) is 18.6 Å². The molecule has 12 heavy (non-hydrogen) atoms. The van der Waals surface area contributed by atoms with E-state index in [1.165, 1.54) is 0 Å². The van der Waals surface area contributed by atoms with Gasteiger partial charge in [0.25, 0.3) is 0 Å². The van der Waals surface area contributed by atoms with E-state index >= 15 is 0 Å². The minimum absolute atomic E-state index is 0.297. The Bertz CT molecular complexity index is 141. The van der Waals surface area contributed by atoms with Gasteiger partial charge < -0.3 is 10.4 Å². The van der Waals surface area contributed by atoms with E-state index in [4.69, 9.17) is 5.11 Å². The molecule has 2 unspecified atom stereocenters. The number of rotatable bonds is 6. The summed E-state index contributed by atoms with van der Waals surface area (Å²) < 4.78 is 0. The van der Waals surface area contributed by atoms with Crippen molar-refractivity contribution in [1.82, 2.24) is 5.32 Å². The number of carboxylic acid groups (broad SMARTS) is 1. The van der Waals surface area contributed by atoms with Gasteiger partial charge in [-0.25, -0.2) is 0 Å². The Balaban J connectivity index is 3.46. The topological polar surface area (TPSA) is 49.3 Å². The van der Waals surface area contributed by atoms with Crippen LogP contribution in [0.2, 0.25) is 0 Å². The van der Waals surface area contributed by atoms with E-state index in [9.17, 15) is 4.79 Å². The van der Waals surface area contributed by atoms with Crippen molar-refractivity contribution in [3.63, 3.8) is 0 Å². The lowest BCUT2D eigenvalue weighted by Gasteiger charge is -2.13. The second-order valence-electron chi connectivity index (χ2n) is 3.00. The number of carbonyl (C=O) groups is 1. The van der Waals surface area contributed by atoms with Crippen LogP contribution in [0.3, 0.4) is 0 Å². The van der Waals surface area contributed by atoms with E-state index in [1.807, 2.05) is 6.26 Å². The summed E-state index contributed by atoms with van der Waals surface area (Å²) in [4.78, 5) is 10.4. The zero-order valence-corrected chi connectivity index (χ0v) is 8.65. The molecule has 2 atom stereocenters. The summed E-state index contributed by atoms with van der Waals surface area (Å²) in [7, 11) is 0. The molecule has 0 bridgehead atoms. The molecular formula is C8H17NO2S. The fourth-order valence-corrected chi connectivity index (χ4v) is 1.39. The lowest BCUT2D eigenvalue weighted by Crippen LogP contribution is -2.34. The van der Waals surface area contributed by atoms with Crippen LogP contribution in [-0.4, -0.2) is 35.7 Å². The van der Waals surface area contributed by atoms with Crippen molar-refractivity contribution in [3.8, 4) is 0 Å². The Morgan fingerprint density at radius 3 is 2.58 bits per heavy atom. The maximum Gasteiger partial charge on any atom is 0.307 e. The van der Waals surface area contributed by atoms with E-state index in [2.05, 4.69) is 12.2 Å². The molecule has 2 N–H and O–H groups in total. The Morgan fingerprint density at radius 1 is 1.58 bits per heavy atom. The van der Waals surface area contributed by atoms with Crippen LogP contribution in [0.5, 0.6) is 0 Å². The summed E-state index contributed by atoms with van der Waals surface area (Å²) in [5, 5.41) is 11.7. The Hall–Kier alpha value is -0.220. The highest BCUT2D eigenvalue weighted by Gasteiger charge is 2.11. The van der Waals surface area contributed by atoms with Gasteiger partial charge >= 0.3 is 5.97 Å². The first-order valence-corrected chi connectivity index (χ1v) is 5.42. The van der Waals surface area contributed by atoms with Gasteiger partial charge in [0, 0.05) is 18.3 Å². The number of hydrogen-bond donors (Lipinski definition) is 2. The van der Waals surface area contributed by atoms with Crippen LogP contribution in [0.4, 0.5) is 0 Å². The standard InChI is InChI=1S/C8H17NO2S/c1-6(8(10)11)4-9-7(2)5-12-3/h6-7,9H,4-5H2,1-3H3,(H,10,11). The fourth-order valence-electron chi connectivity index (χ4n) is 0.774. The summed E-state index contributed by atoms with van der Waals surface area (Å²) in [5.41, 5.74) is 0. The quantitative estimate of drug-likeness (QED) is 0.659. The van der Waals surface area contributed by atoms with E-state index in [1.54, 1.807) is 18.7 Å². The van der Waals surface area contributed by atoms with Gasteiger partial charge in [0.05, 0.1) is 5.92 Å².